The molecule has 0 fully saturated rings. The number of hydrogen-bond acceptors (Lipinski definition) is 3. The molecule has 2 heterocycles. The van der Waals surface area contributed by atoms with E-state index in [1.54, 1.807) is 6.07 Å². The number of carbonyl (C=O) groups is 1. The molecule has 1 atom stereocenters. The van der Waals surface area contributed by atoms with Crippen LogP contribution in [0.1, 0.15) is 66.7 Å². The number of nitrogens with zero attached hydrogens (tertiary/aromatic N) is 1. The van der Waals surface area contributed by atoms with Gasteiger partial charge in [-0.15, -0.1) is 0 Å². The summed E-state index contributed by atoms with van der Waals surface area (Å²) in [5, 5.41) is 11.2. The molecule has 0 amide bonds. The van der Waals surface area contributed by atoms with Crippen LogP contribution in [0.25, 0.3) is 22.0 Å². The topological polar surface area (TPSA) is 60.7 Å². The van der Waals surface area contributed by atoms with E-state index in [1.807, 2.05) is 59.9 Å². The molecule has 0 radical (unpaired) electrons. The zero-order valence-electron chi connectivity index (χ0n) is 23.8. The Hall–Kier alpha value is -3.71. The van der Waals surface area contributed by atoms with E-state index in [0.717, 1.165) is 45.1 Å². The number of rotatable bonds is 6. The number of aromatic nitrogens is 1. The zero-order chi connectivity index (χ0) is 28.9. The molecule has 1 unspecified atom stereocenters. The van der Waals surface area contributed by atoms with E-state index in [1.165, 1.54) is 18.2 Å². The summed E-state index contributed by atoms with van der Waals surface area (Å²) in [6, 6.07) is 10.1. The predicted molar refractivity (Wildman–Crippen MR) is 152 cm³/mol. The number of carboxylic acid groups (broad SMARTS) is 1. The first-order valence-electron chi connectivity index (χ1n) is 13.6. The number of aliphatic carboxylic acids is 1. The highest BCUT2D eigenvalue weighted by molar-refractivity contribution is 6.01. The Kier molecular flexibility index (Phi) is 7.21. The fraction of sp³-hybridized carbons (Fsp3) is 0.364. The van der Waals surface area contributed by atoms with Gasteiger partial charge in [0.05, 0.1) is 12.2 Å². The molecule has 3 aromatic carbocycles. The van der Waals surface area contributed by atoms with Gasteiger partial charge in [-0.25, -0.2) is 13.6 Å². The Labute approximate surface area is 233 Å². The zero-order valence-corrected chi connectivity index (χ0v) is 23.8. The van der Waals surface area contributed by atoms with Gasteiger partial charge in [0.2, 0.25) is 0 Å². The minimum absolute atomic E-state index is 0.281. The van der Waals surface area contributed by atoms with Gasteiger partial charge in [0, 0.05) is 34.8 Å². The van der Waals surface area contributed by atoms with Crippen LogP contribution in [0.5, 0.6) is 5.75 Å². The molecule has 1 N–H and O–H groups in total. The molecule has 5 rings (SSSR count). The Morgan fingerprint density at radius 2 is 1.85 bits per heavy atom. The smallest absolute Gasteiger partial charge is 0.337 e. The lowest BCUT2D eigenvalue weighted by molar-refractivity contribution is -0.160. The van der Waals surface area contributed by atoms with Gasteiger partial charge < -0.3 is 19.1 Å². The van der Waals surface area contributed by atoms with Crippen LogP contribution < -0.4 is 4.74 Å². The van der Waals surface area contributed by atoms with Crippen LogP contribution in [0.3, 0.4) is 0 Å². The third kappa shape index (κ3) is 5.10. The van der Waals surface area contributed by atoms with Gasteiger partial charge in [-0.1, -0.05) is 6.07 Å². The van der Waals surface area contributed by atoms with Crippen molar-refractivity contribution in [3.8, 4) is 16.9 Å². The lowest BCUT2D eigenvalue weighted by Crippen LogP contribution is -2.28. The molecule has 1 aromatic heterocycles. The summed E-state index contributed by atoms with van der Waals surface area (Å²) in [6.45, 7) is 12.1. The van der Waals surface area contributed by atoms with Gasteiger partial charge in [0.25, 0.3) is 0 Å². The standard InChI is InChI=1S/C33H35F2NO4/c1-18-14-22(34)10-9-21(18)17-36-12-11-24-27(36)15-19(2)28(31(32(37)38)40-33(4,5)6)29(24)25-16-26(35)30-23(20(25)3)8-7-13-39-30/h9-12,14-16,31H,7-8,13,17H2,1-6H3,(H,37,38). The summed E-state index contributed by atoms with van der Waals surface area (Å²) in [6.07, 6.45) is 2.14. The van der Waals surface area contributed by atoms with Crippen LogP contribution in [0.15, 0.2) is 42.6 Å². The number of aryl methyl sites for hydroxylation is 2. The molecular weight excluding hydrogens is 512 g/mol. The van der Waals surface area contributed by atoms with Crippen molar-refractivity contribution in [1.29, 1.82) is 0 Å². The number of carboxylic acids is 1. The van der Waals surface area contributed by atoms with E-state index >= 15 is 4.39 Å². The van der Waals surface area contributed by atoms with Crippen LogP contribution in [-0.2, 0) is 22.5 Å². The average Bonchev–Trinajstić information content (AvgIpc) is 3.27. The molecule has 210 valence electrons. The third-order valence-corrected chi connectivity index (χ3v) is 7.63. The van der Waals surface area contributed by atoms with Crippen LogP contribution in [0, 0.1) is 32.4 Å². The van der Waals surface area contributed by atoms with Crippen molar-refractivity contribution in [2.75, 3.05) is 6.61 Å². The van der Waals surface area contributed by atoms with Crippen molar-refractivity contribution in [1.82, 2.24) is 4.57 Å². The summed E-state index contributed by atoms with van der Waals surface area (Å²) in [5.41, 5.74) is 6.12. The van der Waals surface area contributed by atoms with E-state index in [0.29, 0.717) is 36.3 Å². The quantitative estimate of drug-likeness (QED) is 0.267. The lowest BCUT2D eigenvalue weighted by atomic mass is 9.85. The van der Waals surface area contributed by atoms with E-state index in [9.17, 15) is 14.3 Å². The maximum atomic E-state index is 15.5. The molecule has 40 heavy (non-hydrogen) atoms. The second-order valence-electron chi connectivity index (χ2n) is 11.7. The van der Waals surface area contributed by atoms with Gasteiger partial charge in [-0.05, 0) is 118 Å². The first-order valence-corrected chi connectivity index (χ1v) is 13.6. The Balaban J connectivity index is 1.80. The molecule has 0 saturated heterocycles. The first-order chi connectivity index (χ1) is 18.9. The largest absolute Gasteiger partial charge is 0.490 e. The normalized spacial score (nSPS) is 14.2. The van der Waals surface area contributed by atoms with Gasteiger partial charge in [-0.3, -0.25) is 0 Å². The number of benzene rings is 3. The van der Waals surface area contributed by atoms with Gasteiger partial charge >= 0.3 is 5.97 Å². The van der Waals surface area contributed by atoms with Crippen LogP contribution in [-0.4, -0.2) is 27.9 Å². The number of ether oxygens (including phenoxy) is 2. The van der Waals surface area contributed by atoms with Crippen LogP contribution in [0.4, 0.5) is 8.78 Å². The molecule has 5 nitrogen and oxygen atoms in total. The van der Waals surface area contributed by atoms with Gasteiger partial charge in [0.15, 0.2) is 17.7 Å². The molecule has 1 aliphatic heterocycles. The highest BCUT2D eigenvalue weighted by Gasteiger charge is 2.33. The average molecular weight is 548 g/mol. The van der Waals surface area contributed by atoms with Crippen molar-refractivity contribution >= 4 is 16.9 Å². The maximum Gasteiger partial charge on any atom is 0.337 e. The van der Waals surface area contributed by atoms with E-state index in [2.05, 4.69) is 4.57 Å². The van der Waals surface area contributed by atoms with Gasteiger partial charge in [0.1, 0.15) is 5.82 Å². The van der Waals surface area contributed by atoms with Gasteiger partial charge in [-0.2, -0.15) is 0 Å². The minimum atomic E-state index is -1.27. The van der Waals surface area contributed by atoms with Crippen LogP contribution in [0.2, 0.25) is 0 Å². The van der Waals surface area contributed by atoms with E-state index in [-0.39, 0.29) is 11.6 Å². The second-order valence-corrected chi connectivity index (χ2v) is 11.7. The van der Waals surface area contributed by atoms with E-state index < -0.39 is 23.5 Å². The molecule has 0 saturated carbocycles. The molecule has 1 aliphatic rings. The lowest BCUT2D eigenvalue weighted by Gasteiger charge is -2.29. The number of hydrogen-bond donors (Lipinski definition) is 1. The molecule has 0 spiro atoms. The summed E-state index contributed by atoms with van der Waals surface area (Å²) < 4.78 is 43.2. The fourth-order valence-corrected chi connectivity index (χ4v) is 5.77. The summed E-state index contributed by atoms with van der Waals surface area (Å²) >= 11 is 0. The minimum Gasteiger partial charge on any atom is -0.490 e. The fourth-order valence-electron chi connectivity index (χ4n) is 5.77. The van der Waals surface area contributed by atoms with Crippen molar-refractivity contribution in [3.05, 3.63) is 87.6 Å². The molecule has 4 aromatic rings. The molecular formula is C33H35F2NO4. The predicted octanol–water partition coefficient (Wildman–Crippen LogP) is 7.83. The van der Waals surface area contributed by atoms with Crippen molar-refractivity contribution in [2.45, 2.75) is 72.6 Å². The molecule has 7 heteroatoms. The summed E-state index contributed by atoms with van der Waals surface area (Å²) in [5.74, 6) is -1.57. The highest BCUT2D eigenvalue weighted by Crippen LogP contribution is 2.45. The summed E-state index contributed by atoms with van der Waals surface area (Å²) in [4.78, 5) is 12.7. The second kappa shape index (κ2) is 10.4. The Bertz CT molecular complexity index is 1630. The molecule has 0 aliphatic carbocycles. The number of fused-ring (bicyclic) bond motifs is 2. The first kappa shape index (κ1) is 27.8. The van der Waals surface area contributed by atoms with Crippen molar-refractivity contribution in [2.24, 2.45) is 0 Å². The Morgan fingerprint density at radius 1 is 1.10 bits per heavy atom. The monoisotopic (exact) mass is 547 g/mol. The van der Waals surface area contributed by atoms with Crippen LogP contribution >= 0.6 is 0 Å². The SMILES string of the molecule is Cc1cc(F)ccc1Cn1ccc2c(-c3cc(F)c4c(c3C)CCCO4)c(C(OC(C)(C)C)C(=O)O)c(C)cc21. The molecule has 0 bridgehead atoms. The summed E-state index contributed by atoms with van der Waals surface area (Å²) in [7, 11) is 0. The van der Waals surface area contributed by atoms with Crippen molar-refractivity contribution in [3.63, 3.8) is 0 Å². The number of halogens is 2. The third-order valence-electron chi connectivity index (χ3n) is 7.63. The van der Waals surface area contributed by atoms with Crippen molar-refractivity contribution < 1.29 is 28.2 Å². The maximum absolute atomic E-state index is 15.5. The van der Waals surface area contributed by atoms with E-state index in [4.69, 9.17) is 9.47 Å². The highest BCUT2D eigenvalue weighted by atomic mass is 19.1. The Morgan fingerprint density at radius 3 is 2.52 bits per heavy atom.